The lowest BCUT2D eigenvalue weighted by Crippen LogP contribution is -2.50. The molecule has 220 valence electrons. The lowest BCUT2D eigenvalue weighted by atomic mass is 9.96. The van der Waals surface area contributed by atoms with Crippen molar-refractivity contribution in [2.24, 2.45) is 5.84 Å². The minimum atomic E-state index is -0.559. The van der Waals surface area contributed by atoms with Crippen molar-refractivity contribution in [1.29, 1.82) is 0 Å². The van der Waals surface area contributed by atoms with Crippen LogP contribution < -0.4 is 32.5 Å². The summed E-state index contributed by atoms with van der Waals surface area (Å²) in [5.74, 6) is 5.11. The second-order valence-electron chi connectivity index (χ2n) is 11.3. The van der Waals surface area contributed by atoms with Gasteiger partial charge in [0.1, 0.15) is 6.04 Å². The largest absolute Gasteiger partial charge is 0.355 e. The summed E-state index contributed by atoms with van der Waals surface area (Å²) in [5, 5.41) is 12.6. The van der Waals surface area contributed by atoms with Crippen molar-refractivity contribution in [2.45, 2.75) is 147 Å². The van der Waals surface area contributed by atoms with E-state index in [-0.39, 0.29) is 36.2 Å². The zero-order valence-electron chi connectivity index (χ0n) is 23.8. The molecule has 2 aliphatic rings. The fraction of sp³-hybridized carbons (Fsp3) is 0.897. The Kier molecular flexibility index (Phi) is 18.1. The molecule has 0 aromatic carbocycles. The molecule has 7 N–H and O–H groups in total. The van der Waals surface area contributed by atoms with Crippen LogP contribution in [0.5, 0.6) is 0 Å². The molecule has 2 rings (SSSR count). The Hall–Kier alpha value is -1.71. The fourth-order valence-electron chi connectivity index (χ4n) is 5.54. The molecule has 1 aliphatic heterocycles. The van der Waals surface area contributed by atoms with Crippen molar-refractivity contribution in [3.63, 3.8) is 0 Å². The van der Waals surface area contributed by atoms with Gasteiger partial charge in [-0.3, -0.25) is 25.7 Å². The first-order valence-corrected chi connectivity index (χ1v) is 15.6. The van der Waals surface area contributed by atoms with Crippen LogP contribution in [0.1, 0.15) is 128 Å². The van der Waals surface area contributed by atoms with Gasteiger partial charge < -0.3 is 21.3 Å². The Morgan fingerprint density at radius 2 is 1.45 bits per heavy atom. The number of nitrogens with two attached hydrogens (primary N) is 1. The van der Waals surface area contributed by atoms with Gasteiger partial charge in [0.25, 0.3) is 0 Å². The van der Waals surface area contributed by atoms with Gasteiger partial charge in [0.05, 0.1) is 6.04 Å². The molecular formula is C29H56N6O3. The first-order valence-electron chi connectivity index (χ1n) is 15.6. The summed E-state index contributed by atoms with van der Waals surface area (Å²) in [6, 6.07) is -0.761. The second-order valence-corrected chi connectivity index (χ2v) is 11.3. The molecule has 1 aliphatic carbocycles. The molecule has 1 saturated heterocycles. The number of amides is 3. The number of hydrogen-bond donors (Lipinski definition) is 6. The monoisotopic (exact) mass is 536 g/mol. The number of carbonyl (C=O) groups is 3. The molecular weight excluding hydrogens is 480 g/mol. The van der Waals surface area contributed by atoms with Gasteiger partial charge in [-0.25, -0.2) is 0 Å². The van der Waals surface area contributed by atoms with Crippen LogP contribution in [0, 0.1) is 0 Å². The molecule has 3 amide bonds. The van der Waals surface area contributed by atoms with Gasteiger partial charge in [-0.1, -0.05) is 70.6 Å². The Labute approximate surface area is 230 Å². The highest BCUT2D eigenvalue weighted by atomic mass is 16.2. The van der Waals surface area contributed by atoms with E-state index in [4.69, 9.17) is 5.84 Å². The Bertz CT molecular complexity index is 654. The zero-order valence-corrected chi connectivity index (χ0v) is 23.8. The van der Waals surface area contributed by atoms with Gasteiger partial charge in [0.2, 0.25) is 17.7 Å². The highest BCUT2D eigenvalue weighted by molar-refractivity contribution is 5.88. The molecule has 9 nitrogen and oxygen atoms in total. The van der Waals surface area contributed by atoms with Crippen LogP contribution in [-0.2, 0) is 14.4 Å². The van der Waals surface area contributed by atoms with Crippen molar-refractivity contribution in [2.75, 3.05) is 19.6 Å². The minimum Gasteiger partial charge on any atom is -0.355 e. The molecule has 0 radical (unpaired) electrons. The standard InChI is InChI=1S/C29H56N6O3/c30-33-23-15-12-18-26(29(38)34-24-16-10-6-5-7-11-17-24)35-27(36)20-19-25-28(37)32-22-14-9-4-2-1-3-8-13-21-31-25/h24-26,31,33H,1-23,30H2,(H,32,37)(H,34,38)(H,35,36). The molecule has 1 saturated carbocycles. The number of unbranched alkanes of at least 4 members (excludes halogenated alkanes) is 1. The van der Waals surface area contributed by atoms with Crippen LogP contribution in [0.4, 0.5) is 0 Å². The third-order valence-corrected chi connectivity index (χ3v) is 7.94. The quantitative estimate of drug-likeness (QED) is 0.136. The van der Waals surface area contributed by atoms with Gasteiger partial charge in [-0.15, -0.1) is 0 Å². The third-order valence-electron chi connectivity index (χ3n) is 7.94. The van der Waals surface area contributed by atoms with E-state index in [0.29, 0.717) is 25.9 Å². The Balaban J connectivity index is 1.88. The van der Waals surface area contributed by atoms with E-state index >= 15 is 0 Å². The molecule has 2 atom stereocenters. The van der Waals surface area contributed by atoms with Crippen LogP contribution in [0.15, 0.2) is 0 Å². The summed E-state index contributed by atoms with van der Waals surface area (Å²) in [6.07, 6.45) is 20.2. The van der Waals surface area contributed by atoms with Crippen LogP contribution >= 0.6 is 0 Å². The summed E-state index contributed by atoms with van der Waals surface area (Å²) in [6.45, 7) is 2.14. The molecule has 2 unspecified atom stereocenters. The van der Waals surface area contributed by atoms with Crippen molar-refractivity contribution in [3.8, 4) is 0 Å². The van der Waals surface area contributed by atoms with Crippen LogP contribution in [0.3, 0.4) is 0 Å². The smallest absolute Gasteiger partial charge is 0.242 e. The number of hydrazine groups is 1. The zero-order chi connectivity index (χ0) is 27.3. The second kappa shape index (κ2) is 21.2. The molecule has 2 fully saturated rings. The summed E-state index contributed by atoms with van der Waals surface area (Å²) in [4.78, 5) is 39.0. The maximum absolute atomic E-state index is 13.2. The summed E-state index contributed by atoms with van der Waals surface area (Å²) in [5.41, 5.74) is 2.65. The van der Waals surface area contributed by atoms with Gasteiger partial charge in [0, 0.05) is 25.6 Å². The van der Waals surface area contributed by atoms with Crippen LogP contribution in [0.25, 0.3) is 0 Å². The predicted molar refractivity (Wildman–Crippen MR) is 153 cm³/mol. The minimum absolute atomic E-state index is 0.0253. The maximum atomic E-state index is 13.2. The highest BCUT2D eigenvalue weighted by Gasteiger charge is 2.25. The normalized spacial score (nSPS) is 22.2. The van der Waals surface area contributed by atoms with E-state index < -0.39 is 6.04 Å². The number of hydrogen-bond acceptors (Lipinski definition) is 6. The fourth-order valence-corrected chi connectivity index (χ4v) is 5.54. The average Bonchev–Trinajstić information content (AvgIpc) is 2.89. The van der Waals surface area contributed by atoms with Crippen molar-refractivity contribution in [1.82, 2.24) is 26.7 Å². The molecule has 38 heavy (non-hydrogen) atoms. The molecule has 0 aromatic rings. The predicted octanol–water partition coefficient (Wildman–Crippen LogP) is 3.32. The first-order chi connectivity index (χ1) is 18.6. The van der Waals surface area contributed by atoms with E-state index in [0.717, 1.165) is 64.3 Å². The van der Waals surface area contributed by atoms with Gasteiger partial charge in [0.15, 0.2) is 0 Å². The lowest BCUT2D eigenvalue weighted by molar-refractivity contribution is -0.130. The van der Waals surface area contributed by atoms with E-state index in [1.54, 1.807) is 0 Å². The van der Waals surface area contributed by atoms with Crippen molar-refractivity contribution >= 4 is 17.7 Å². The SMILES string of the molecule is NNCCCCC(NC(=O)CCC1NCCCCCCCCCCNC1=O)C(=O)NC1CCCCCCC1. The summed E-state index contributed by atoms with van der Waals surface area (Å²) >= 11 is 0. The number of rotatable bonds is 11. The average molecular weight is 537 g/mol. The molecule has 0 bridgehead atoms. The first kappa shape index (κ1) is 32.5. The van der Waals surface area contributed by atoms with Crippen LogP contribution in [0.2, 0.25) is 0 Å². The number of nitrogens with one attached hydrogen (secondary N) is 5. The van der Waals surface area contributed by atoms with E-state index in [1.807, 2.05) is 0 Å². The third kappa shape index (κ3) is 15.0. The van der Waals surface area contributed by atoms with Crippen molar-refractivity contribution < 1.29 is 14.4 Å². The Morgan fingerprint density at radius 1 is 0.842 bits per heavy atom. The summed E-state index contributed by atoms with van der Waals surface area (Å²) in [7, 11) is 0. The van der Waals surface area contributed by atoms with Gasteiger partial charge in [-0.2, -0.15) is 0 Å². The van der Waals surface area contributed by atoms with E-state index in [9.17, 15) is 14.4 Å². The topological polar surface area (TPSA) is 137 Å². The van der Waals surface area contributed by atoms with Gasteiger partial charge >= 0.3 is 0 Å². The molecule has 0 aromatic heterocycles. The van der Waals surface area contributed by atoms with E-state index in [1.165, 1.54) is 51.4 Å². The Morgan fingerprint density at radius 3 is 2.11 bits per heavy atom. The number of carbonyl (C=O) groups excluding carboxylic acids is 3. The lowest BCUT2D eigenvalue weighted by Gasteiger charge is -2.25. The van der Waals surface area contributed by atoms with E-state index in [2.05, 4.69) is 26.7 Å². The van der Waals surface area contributed by atoms with Crippen LogP contribution in [-0.4, -0.2) is 55.5 Å². The van der Waals surface area contributed by atoms with Crippen molar-refractivity contribution in [3.05, 3.63) is 0 Å². The molecule has 0 spiro atoms. The molecule has 9 heteroatoms. The molecule has 1 heterocycles. The highest BCUT2D eigenvalue weighted by Crippen LogP contribution is 2.17. The van der Waals surface area contributed by atoms with Gasteiger partial charge in [-0.05, 0) is 57.9 Å². The maximum Gasteiger partial charge on any atom is 0.242 e. The summed E-state index contributed by atoms with van der Waals surface area (Å²) < 4.78 is 0.